The zero-order chi connectivity index (χ0) is 7.56. The Morgan fingerprint density at radius 3 is 2.70 bits per heavy atom. The van der Waals surface area contributed by atoms with Crippen molar-refractivity contribution in [2.45, 2.75) is 32.4 Å². The van der Waals surface area contributed by atoms with E-state index in [0.29, 0.717) is 6.42 Å². The van der Waals surface area contributed by atoms with Gasteiger partial charge >= 0.3 is 0 Å². The summed E-state index contributed by atoms with van der Waals surface area (Å²) in [5.74, 6) is 0.149. The Morgan fingerprint density at radius 2 is 2.20 bits per heavy atom. The quantitative estimate of drug-likeness (QED) is 0.507. The van der Waals surface area contributed by atoms with E-state index in [1.54, 1.807) is 0 Å². The van der Waals surface area contributed by atoms with Gasteiger partial charge in [0.2, 0.25) is 0 Å². The molecule has 1 aliphatic rings. The average Bonchev–Trinajstić information content (AvgIpc) is 1.95. The van der Waals surface area contributed by atoms with E-state index in [0.717, 1.165) is 12.8 Å². The third kappa shape index (κ3) is 1.47. The minimum Gasteiger partial charge on any atom is -0.247 e. The lowest BCUT2D eigenvalue weighted by molar-refractivity contribution is 0.157. The van der Waals surface area contributed by atoms with Gasteiger partial charge in [0.15, 0.2) is 0 Å². The van der Waals surface area contributed by atoms with Crippen molar-refractivity contribution >= 4 is 0 Å². The second-order valence-corrected chi connectivity index (χ2v) is 3.13. The second-order valence-electron chi connectivity index (χ2n) is 3.13. The first-order chi connectivity index (χ1) is 4.74. The first-order valence-electron chi connectivity index (χ1n) is 3.77. The maximum absolute atomic E-state index is 12.9. The minimum absolute atomic E-state index is 0.0220. The van der Waals surface area contributed by atoms with Crippen LogP contribution in [-0.4, -0.2) is 6.17 Å². The van der Waals surface area contributed by atoms with E-state index in [4.69, 9.17) is 5.26 Å². The molecule has 2 heteroatoms. The Hall–Kier alpha value is -0.580. The van der Waals surface area contributed by atoms with Crippen molar-refractivity contribution in [1.82, 2.24) is 0 Å². The maximum atomic E-state index is 12.9. The smallest absolute Gasteiger partial charge is 0.104 e. The van der Waals surface area contributed by atoms with Gasteiger partial charge in [0.25, 0.3) is 0 Å². The topological polar surface area (TPSA) is 23.8 Å². The first kappa shape index (κ1) is 7.53. The molecule has 3 unspecified atom stereocenters. The lowest BCUT2D eigenvalue weighted by Crippen LogP contribution is -2.23. The van der Waals surface area contributed by atoms with Crippen molar-refractivity contribution in [2.75, 3.05) is 0 Å². The van der Waals surface area contributed by atoms with E-state index >= 15 is 0 Å². The van der Waals surface area contributed by atoms with Crippen LogP contribution in [0.15, 0.2) is 0 Å². The molecule has 10 heavy (non-hydrogen) atoms. The standard InChI is InChI=1S/C8H12FN/c1-6-2-3-7(5-10)4-8(6)9/h6-8H,2-4H2,1H3. The normalized spacial score (nSPS) is 40.7. The van der Waals surface area contributed by atoms with Crippen LogP contribution in [0.1, 0.15) is 26.2 Å². The van der Waals surface area contributed by atoms with Crippen LogP contribution in [0, 0.1) is 23.2 Å². The fraction of sp³-hybridized carbons (Fsp3) is 0.875. The van der Waals surface area contributed by atoms with Gasteiger partial charge in [-0.15, -0.1) is 0 Å². The van der Waals surface area contributed by atoms with Crippen LogP contribution < -0.4 is 0 Å². The summed E-state index contributed by atoms with van der Waals surface area (Å²) < 4.78 is 12.9. The molecule has 0 bridgehead atoms. The van der Waals surface area contributed by atoms with Crippen LogP contribution in [0.2, 0.25) is 0 Å². The second kappa shape index (κ2) is 3.01. The van der Waals surface area contributed by atoms with Crippen LogP contribution in [-0.2, 0) is 0 Å². The van der Waals surface area contributed by atoms with Gasteiger partial charge in [0, 0.05) is 5.92 Å². The average molecular weight is 141 g/mol. The fourth-order valence-corrected chi connectivity index (χ4v) is 1.38. The molecule has 56 valence electrons. The summed E-state index contributed by atoms with van der Waals surface area (Å²) in [6.07, 6.45) is 1.48. The van der Waals surface area contributed by atoms with E-state index in [9.17, 15) is 4.39 Å². The van der Waals surface area contributed by atoms with Crippen LogP contribution in [0.3, 0.4) is 0 Å². The van der Waals surface area contributed by atoms with Crippen molar-refractivity contribution in [3.8, 4) is 6.07 Å². The van der Waals surface area contributed by atoms with Crippen molar-refractivity contribution in [2.24, 2.45) is 11.8 Å². The molecular weight excluding hydrogens is 129 g/mol. The van der Waals surface area contributed by atoms with Gasteiger partial charge in [0.1, 0.15) is 6.17 Å². The molecular formula is C8H12FN. The largest absolute Gasteiger partial charge is 0.247 e. The summed E-state index contributed by atoms with van der Waals surface area (Å²) in [6, 6.07) is 2.11. The third-order valence-electron chi connectivity index (χ3n) is 2.28. The number of rotatable bonds is 0. The number of halogens is 1. The number of hydrogen-bond acceptors (Lipinski definition) is 1. The zero-order valence-electron chi connectivity index (χ0n) is 6.18. The highest BCUT2D eigenvalue weighted by molar-refractivity contribution is 4.89. The molecule has 1 nitrogen and oxygen atoms in total. The van der Waals surface area contributed by atoms with Gasteiger partial charge in [-0.05, 0) is 25.2 Å². The van der Waals surface area contributed by atoms with Crippen molar-refractivity contribution in [1.29, 1.82) is 5.26 Å². The highest BCUT2D eigenvalue weighted by Crippen LogP contribution is 2.30. The van der Waals surface area contributed by atoms with Crippen molar-refractivity contribution in [3.63, 3.8) is 0 Å². The molecule has 0 aromatic rings. The molecule has 0 N–H and O–H groups in total. The Morgan fingerprint density at radius 1 is 1.50 bits per heavy atom. The van der Waals surface area contributed by atoms with E-state index in [1.165, 1.54) is 0 Å². The molecule has 3 atom stereocenters. The van der Waals surface area contributed by atoms with Crippen molar-refractivity contribution in [3.05, 3.63) is 0 Å². The third-order valence-corrected chi connectivity index (χ3v) is 2.28. The predicted octanol–water partition coefficient (Wildman–Crippen LogP) is 2.28. The number of nitriles is 1. The van der Waals surface area contributed by atoms with Crippen LogP contribution in [0.25, 0.3) is 0 Å². The monoisotopic (exact) mass is 141 g/mol. The van der Waals surface area contributed by atoms with E-state index in [-0.39, 0.29) is 11.8 Å². The number of hydrogen-bond donors (Lipinski definition) is 0. The SMILES string of the molecule is CC1CCC(C#N)CC1F. The van der Waals surface area contributed by atoms with Gasteiger partial charge in [0.05, 0.1) is 6.07 Å². The lowest BCUT2D eigenvalue weighted by Gasteiger charge is -2.25. The highest BCUT2D eigenvalue weighted by atomic mass is 19.1. The zero-order valence-corrected chi connectivity index (χ0v) is 6.18. The number of alkyl halides is 1. The molecule has 0 amide bonds. The molecule has 1 rings (SSSR count). The molecule has 0 aromatic heterocycles. The minimum atomic E-state index is -0.738. The summed E-state index contributed by atoms with van der Waals surface area (Å²) in [7, 11) is 0. The predicted molar refractivity (Wildman–Crippen MR) is 37.0 cm³/mol. The molecule has 0 spiro atoms. The Bertz CT molecular complexity index is 150. The summed E-state index contributed by atoms with van der Waals surface area (Å²) in [5, 5.41) is 8.48. The summed E-state index contributed by atoms with van der Waals surface area (Å²) in [5.41, 5.74) is 0. The van der Waals surface area contributed by atoms with Crippen LogP contribution in [0.4, 0.5) is 4.39 Å². The molecule has 0 saturated heterocycles. The van der Waals surface area contributed by atoms with Gasteiger partial charge in [-0.3, -0.25) is 0 Å². The number of nitrogens with zero attached hydrogens (tertiary/aromatic N) is 1. The molecule has 1 fully saturated rings. The molecule has 0 aliphatic heterocycles. The van der Waals surface area contributed by atoms with E-state index in [2.05, 4.69) is 6.07 Å². The summed E-state index contributed by atoms with van der Waals surface area (Å²) >= 11 is 0. The summed E-state index contributed by atoms with van der Waals surface area (Å²) in [4.78, 5) is 0. The molecule has 1 saturated carbocycles. The van der Waals surface area contributed by atoms with Gasteiger partial charge < -0.3 is 0 Å². The molecule has 0 radical (unpaired) electrons. The van der Waals surface area contributed by atoms with E-state index in [1.807, 2.05) is 6.92 Å². The van der Waals surface area contributed by atoms with Crippen LogP contribution in [0.5, 0.6) is 0 Å². The first-order valence-corrected chi connectivity index (χ1v) is 3.77. The molecule has 0 aromatic carbocycles. The Kier molecular flexibility index (Phi) is 2.26. The molecule has 1 aliphatic carbocycles. The lowest BCUT2D eigenvalue weighted by atomic mass is 9.82. The van der Waals surface area contributed by atoms with E-state index < -0.39 is 6.17 Å². The highest BCUT2D eigenvalue weighted by Gasteiger charge is 2.26. The Labute approximate surface area is 60.8 Å². The van der Waals surface area contributed by atoms with Gasteiger partial charge in [-0.1, -0.05) is 6.92 Å². The fourth-order valence-electron chi connectivity index (χ4n) is 1.38. The Balaban J connectivity index is 2.42. The van der Waals surface area contributed by atoms with Gasteiger partial charge in [-0.2, -0.15) is 5.26 Å². The molecule has 0 heterocycles. The van der Waals surface area contributed by atoms with Crippen LogP contribution >= 0.6 is 0 Å². The van der Waals surface area contributed by atoms with Crippen molar-refractivity contribution < 1.29 is 4.39 Å². The maximum Gasteiger partial charge on any atom is 0.104 e. The summed E-state index contributed by atoms with van der Waals surface area (Å²) in [6.45, 7) is 1.91. The van der Waals surface area contributed by atoms with Gasteiger partial charge in [-0.25, -0.2) is 4.39 Å².